The molecule has 0 aromatic heterocycles. The minimum absolute atomic E-state index is 0.0340. The molecular weight excluding hydrogens is 286 g/mol. The van der Waals surface area contributed by atoms with Gasteiger partial charge in [-0.25, -0.2) is 13.1 Å². The second-order valence-corrected chi connectivity index (χ2v) is 6.16. The molecule has 104 valence electrons. The van der Waals surface area contributed by atoms with E-state index in [1.54, 1.807) is 13.0 Å². The number of benzene rings is 1. The van der Waals surface area contributed by atoms with E-state index in [4.69, 9.17) is 23.7 Å². The summed E-state index contributed by atoms with van der Waals surface area (Å²) in [4.78, 5) is 10.9. The first kappa shape index (κ1) is 15.5. The first-order chi connectivity index (χ1) is 8.74. The summed E-state index contributed by atoms with van der Waals surface area (Å²) in [5.74, 6) is -0.567. The monoisotopic (exact) mass is 301 g/mol. The molecule has 0 spiro atoms. The van der Waals surface area contributed by atoms with Crippen molar-refractivity contribution in [3.8, 4) is 0 Å². The van der Waals surface area contributed by atoms with Gasteiger partial charge in [-0.3, -0.25) is 4.79 Å². The zero-order valence-electron chi connectivity index (χ0n) is 10.3. The van der Waals surface area contributed by atoms with Gasteiger partial charge in [-0.15, -0.1) is 0 Å². The Bertz CT molecular complexity index is 612. The van der Waals surface area contributed by atoms with Crippen molar-refractivity contribution >= 4 is 33.1 Å². The van der Waals surface area contributed by atoms with Gasteiger partial charge >= 0.3 is 0 Å². The van der Waals surface area contributed by atoms with Crippen molar-refractivity contribution in [3.05, 3.63) is 29.3 Å². The molecule has 1 rings (SSSR count). The van der Waals surface area contributed by atoms with Gasteiger partial charge in [0.2, 0.25) is 15.9 Å². The standard InChI is InChI=1S/C11H15N3O3S2/c1-7-6-8(2-3-9(7)11(13)18)19(16,17)14-5-4-10(12)15/h2-3,6,14H,4-5H2,1H3,(H2,12,15)(H2,13,18). The molecule has 8 heteroatoms. The molecule has 5 N–H and O–H groups in total. The van der Waals surface area contributed by atoms with Crippen LogP contribution in [0.4, 0.5) is 0 Å². The van der Waals surface area contributed by atoms with E-state index in [0.717, 1.165) is 0 Å². The molecule has 1 aromatic rings. The number of rotatable bonds is 6. The van der Waals surface area contributed by atoms with E-state index in [9.17, 15) is 13.2 Å². The van der Waals surface area contributed by atoms with Gasteiger partial charge in [0.25, 0.3) is 0 Å². The summed E-state index contributed by atoms with van der Waals surface area (Å²) in [6, 6.07) is 4.44. The Morgan fingerprint density at radius 3 is 2.47 bits per heavy atom. The summed E-state index contributed by atoms with van der Waals surface area (Å²) in [7, 11) is -3.66. The van der Waals surface area contributed by atoms with Crippen LogP contribution in [0.25, 0.3) is 0 Å². The molecule has 0 radical (unpaired) electrons. The second-order valence-electron chi connectivity index (χ2n) is 3.96. The van der Waals surface area contributed by atoms with Crippen molar-refractivity contribution in [2.45, 2.75) is 18.2 Å². The lowest BCUT2D eigenvalue weighted by Gasteiger charge is -2.09. The van der Waals surface area contributed by atoms with E-state index in [0.29, 0.717) is 11.1 Å². The number of hydrogen-bond acceptors (Lipinski definition) is 4. The maximum Gasteiger partial charge on any atom is 0.240 e. The number of aryl methyl sites for hydroxylation is 1. The average Bonchev–Trinajstić information content (AvgIpc) is 2.27. The normalized spacial score (nSPS) is 11.2. The number of hydrogen-bond donors (Lipinski definition) is 3. The van der Waals surface area contributed by atoms with Crippen LogP contribution >= 0.6 is 12.2 Å². The average molecular weight is 301 g/mol. The van der Waals surface area contributed by atoms with E-state index in [1.165, 1.54) is 12.1 Å². The molecule has 0 fully saturated rings. The molecule has 19 heavy (non-hydrogen) atoms. The van der Waals surface area contributed by atoms with Gasteiger partial charge in [0.15, 0.2) is 0 Å². The number of thiocarbonyl (C=S) groups is 1. The molecule has 6 nitrogen and oxygen atoms in total. The maximum atomic E-state index is 11.9. The summed E-state index contributed by atoms with van der Waals surface area (Å²) >= 11 is 4.85. The molecule has 0 saturated carbocycles. The highest BCUT2D eigenvalue weighted by Crippen LogP contribution is 2.15. The molecule has 0 saturated heterocycles. The topological polar surface area (TPSA) is 115 Å². The summed E-state index contributed by atoms with van der Waals surface area (Å²) in [5.41, 5.74) is 11.7. The molecule has 1 aromatic carbocycles. The third kappa shape index (κ3) is 4.27. The lowest BCUT2D eigenvalue weighted by Crippen LogP contribution is -2.28. The number of nitrogens with one attached hydrogen (secondary N) is 1. The van der Waals surface area contributed by atoms with Crippen LogP contribution in [0.2, 0.25) is 0 Å². The lowest BCUT2D eigenvalue weighted by atomic mass is 10.1. The Morgan fingerprint density at radius 2 is 2.00 bits per heavy atom. The third-order valence-electron chi connectivity index (χ3n) is 2.44. The minimum Gasteiger partial charge on any atom is -0.389 e. The largest absolute Gasteiger partial charge is 0.389 e. The summed E-state index contributed by atoms with van der Waals surface area (Å²) in [5, 5.41) is 0. The van der Waals surface area contributed by atoms with Crippen LogP contribution in [0.1, 0.15) is 17.5 Å². The number of amides is 1. The van der Waals surface area contributed by atoms with E-state index in [1.807, 2.05) is 0 Å². The van der Waals surface area contributed by atoms with Crippen LogP contribution in [0, 0.1) is 6.92 Å². The fourth-order valence-corrected chi connectivity index (χ4v) is 2.82. The third-order valence-corrected chi connectivity index (χ3v) is 4.12. The van der Waals surface area contributed by atoms with Crippen molar-refractivity contribution < 1.29 is 13.2 Å². The maximum absolute atomic E-state index is 11.9. The zero-order chi connectivity index (χ0) is 14.6. The Morgan fingerprint density at radius 1 is 1.37 bits per heavy atom. The van der Waals surface area contributed by atoms with Crippen molar-refractivity contribution in [1.82, 2.24) is 4.72 Å². The van der Waals surface area contributed by atoms with Crippen molar-refractivity contribution in [1.29, 1.82) is 0 Å². The van der Waals surface area contributed by atoms with Crippen LogP contribution < -0.4 is 16.2 Å². The Hall–Kier alpha value is -1.51. The van der Waals surface area contributed by atoms with Gasteiger partial charge in [-0.1, -0.05) is 18.3 Å². The van der Waals surface area contributed by atoms with Crippen LogP contribution in [0.3, 0.4) is 0 Å². The van der Waals surface area contributed by atoms with E-state index < -0.39 is 15.9 Å². The van der Waals surface area contributed by atoms with Crippen molar-refractivity contribution in [2.75, 3.05) is 6.54 Å². The highest BCUT2D eigenvalue weighted by molar-refractivity contribution is 7.89. The van der Waals surface area contributed by atoms with Crippen LogP contribution in [-0.2, 0) is 14.8 Å². The molecular formula is C11H15N3O3S2. The van der Waals surface area contributed by atoms with Crippen molar-refractivity contribution in [3.63, 3.8) is 0 Å². The fraction of sp³-hybridized carbons (Fsp3) is 0.273. The number of nitrogens with two attached hydrogens (primary N) is 2. The minimum atomic E-state index is -3.66. The zero-order valence-corrected chi connectivity index (χ0v) is 12.0. The number of carbonyl (C=O) groups excluding carboxylic acids is 1. The molecule has 0 bridgehead atoms. The van der Waals surface area contributed by atoms with Gasteiger partial charge < -0.3 is 11.5 Å². The Kier molecular flexibility index (Phi) is 4.98. The summed E-state index contributed by atoms with van der Waals surface area (Å²) in [6.45, 7) is 1.69. The van der Waals surface area contributed by atoms with Crippen LogP contribution in [-0.4, -0.2) is 25.9 Å². The van der Waals surface area contributed by atoms with E-state index in [-0.39, 0.29) is 22.8 Å². The molecule has 0 aliphatic heterocycles. The summed E-state index contributed by atoms with van der Waals surface area (Å²) < 4.78 is 26.1. The second kappa shape index (κ2) is 6.09. The van der Waals surface area contributed by atoms with Gasteiger partial charge in [-0.05, 0) is 24.6 Å². The van der Waals surface area contributed by atoms with Gasteiger partial charge in [0, 0.05) is 18.5 Å². The quantitative estimate of drug-likeness (QED) is 0.628. The molecule has 0 aliphatic rings. The van der Waals surface area contributed by atoms with E-state index in [2.05, 4.69) is 4.72 Å². The lowest BCUT2D eigenvalue weighted by molar-refractivity contribution is -0.117. The predicted octanol–water partition coefficient (Wildman–Crippen LogP) is -0.217. The SMILES string of the molecule is Cc1cc(S(=O)(=O)NCCC(N)=O)ccc1C(N)=S. The van der Waals surface area contributed by atoms with Crippen molar-refractivity contribution in [2.24, 2.45) is 11.5 Å². The Balaban J connectivity index is 2.93. The first-order valence-corrected chi connectivity index (χ1v) is 7.31. The molecule has 0 heterocycles. The van der Waals surface area contributed by atoms with Gasteiger partial charge in [0.1, 0.15) is 4.99 Å². The number of primary amides is 1. The highest BCUT2D eigenvalue weighted by Gasteiger charge is 2.15. The number of carbonyl (C=O) groups is 1. The molecule has 0 aliphatic carbocycles. The first-order valence-electron chi connectivity index (χ1n) is 5.42. The van der Waals surface area contributed by atoms with Gasteiger partial charge in [-0.2, -0.15) is 0 Å². The molecule has 1 amide bonds. The fourth-order valence-electron chi connectivity index (χ4n) is 1.47. The van der Waals surface area contributed by atoms with Gasteiger partial charge in [0.05, 0.1) is 4.90 Å². The van der Waals surface area contributed by atoms with E-state index >= 15 is 0 Å². The smallest absolute Gasteiger partial charge is 0.240 e. The Labute approximate surface area is 117 Å². The molecule has 0 atom stereocenters. The number of sulfonamides is 1. The predicted molar refractivity (Wildman–Crippen MR) is 76.1 cm³/mol. The van der Waals surface area contributed by atoms with Crippen LogP contribution in [0.15, 0.2) is 23.1 Å². The molecule has 0 unspecified atom stereocenters. The van der Waals surface area contributed by atoms with Crippen LogP contribution in [0.5, 0.6) is 0 Å². The highest BCUT2D eigenvalue weighted by atomic mass is 32.2. The summed E-state index contributed by atoms with van der Waals surface area (Å²) in [6.07, 6.45) is -0.0524.